The van der Waals surface area contributed by atoms with Gasteiger partial charge in [0.15, 0.2) is 0 Å². The molecule has 0 aliphatic carbocycles. The van der Waals surface area contributed by atoms with Crippen LogP contribution >= 0.6 is 0 Å². The van der Waals surface area contributed by atoms with Crippen LogP contribution in [0.3, 0.4) is 0 Å². The summed E-state index contributed by atoms with van der Waals surface area (Å²) in [4.78, 5) is 35.3. The van der Waals surface area contributed by atoms with E-state index in [9.17, 15) is 14.4 Å². The maximum absolute atomic E-state index is 12.0. The number of hydrogen-bond donors (Lipinski definition) is 2. The Bertz CT molecular complexity index is 556. The van der Waals surface area contributed by atoms with E-state index in [4.69, 9.17) is 5.11 Å². The van der Waals surface area contributed by atoms with Crippen molar-refractivity contribution in [3.63, 3.8) is 0 Å². The number of nitrogens with zero attached hydrogens (tertiary/aromatic N) is 1. The first kappa shape index (κ1) is 16.5. The maximum Gasteiger partial charge on any atom is 0.336 e. The summed E-state index contributed by atoms with van der Waals surface area (Å²) in [6.07, 6.45) is 0.0918. The van der Waals surface area contributed by atoms with Gasteiger partial charge in [-0.05, 0) is 24.6 Å². The summed E-state index contributed by atoms with van der Waals surface area (Å²) in [6, 6.07) is 4.22. The number of amides is 2. The van der Waals surface area contributed by atoms with Gasteiger partial charge in [-0.2, -0.15) is 0 Å². The molecular weight excluding hydrogens is 276 g/mol. The molecule has 7 heteroatoms. The molecule has 0 bridgehead atoms. The van der Waals surface area contributed by atoms with Crippen molar-refractivity contribution in [1.82, 2.24) is 4.90 Å². The molecule has 2 amide bonds. The number of ether oxygens (including phenoxy) is 1. The number of carbonyl (C=O) groups excluding carboxylic acids is 2. The maximum atomic E-state index is 12.0. The number of carbonyl (C=O) groups is 3. The summed E-state index contributed by atoms with van der Waals surface area (Å²) in [7, 11) is 2.82. The minimum absolute atomic E-state index is 0.0918. The molecule has 0 aliphatic rings. The van der Waals surface area contributed by atoms with E-state index >= 15 is 0 Å². The molecule has 0 heterocycles. The Balaban J connectivity index is 2.73. The second-order valence-corrected chi connectivity index (χ2v) is 4.46. The van der Waals surface area contributed by atoms with Crippen LogP contribution < -0.4 is 5.32 Å². The van der Waals surface area contributed by atoms with Crippen molar-refractivity contribution in [2.45, 2.75) is 13.3 Å². The van der Waals surface area contributed by atoms with Gasteiger partial charge in [-0.3, -0.25) is 4.79 Å². The Morgan fingerprint density at radius 1 is 1.33 bits per heavy atom. The molecule has 0 aliphatic heterocycles. The van der Waals surface area contributed by atoms with E-state index < -0.39 is 18.0 Å². The predicted molar refractivity (Wildman–Crippen MR) is 76.4 cm³/mol. The molecule has 0 saturated carbocycles. The topological polar surface area (TPSA) is 95.9 Å². The standard InChI is InChI=1S/C14H18N2O5/c1-9-10(13(18)19)5-4-6-11(9)15-14(20)16(2)8-7-12(17)21-3/h4-6H,7-8H2,1-3H3,(H,15,20)(H,18,19). The van der Waals surface area contributed by atoms with Gasteiger partial charge in [-0.15, -0.1) is 0 Å². The summed E-state index contributed by atoms with van der Waals surface area (Å²) in [5, 5.41) is 11.6. The van der Waals surface area contributed by atoms with Gasteiger partial charge in [-0.25, -0.2) is 9.59 Å². The molecule has 21 heavy (non-hydrogen) atoms. The number of aromatic carboxylic acids is 1. The Labute approximate surface area is 122 Å². The lowest BCUT2D eigenvalue weighted by Crippen LogP contribution is -2.33. The van der Waals surface area contributed by atoms with Crippen molar-refractivity contribution >= 4 is 23.7 Å². The van der Waals surface area contributed by atoms with E-state index in [1.807, 2.05) is 0 Å². The average Bonchev–Trinajstić information content (AvgIpc) is 2.45. The normalized spacial score (nSPS) is 9.86. The van der Waals surface area contributed by atoms with Gasteiger partial charge in [0.1, 0.15) is 0 Å². The first-order valence-corrected chi connectivity index (χ1v) is 6.28. The van der Waals surface area contributed by atoms with Gasteiger partial charge in [0.25, 0.3) is 0 Å². The van der Waals surface area contributed by atoms with E-state index in [1.165, 1.54) is 25.1 Å². The van der Waals surface area contributed by atoms with Gasteiger partial charge >= 0.3 is 18.0 Å². The zero-order valence-electron chi connectivity index (χ0n) is 12.2. The van der Waals surface area contributed by atoms with Crippen LogP contribution in [-0.4, -0.2) is 48.7 Å². The molecular formula is C14H18N2O5. The summed E-state index contributed by atoms with van der Waals surface area (Å²) in [5.41, 5.74) is 1.02. The third kappa shape index (κ3) is 4.48. The first-order chi connectivity index (χ1) is 9.86. The molecule has 7 nitrogen and oxygen atoms in total. The fraction of sp³-hybridized carbons (Fsp3) is 0.357. The van der Waals surface area contributed by atoms with E-state index in [2.05, 4.69) is 10.1 Å². The van der Waals surface area contributed by atoms with Gasteiger partial charge in [-0.1, -0.05) is 6.07 Å². The molecule has 0 saturated heterocycles. The molecule has 0 fully saturated rings. The predicted octanol–water partition coefficient (Wildman–Crippen LogP) is 1.72. The van der Waals surface area contributed by atoms with Crippen molar-refractivity contribution in [2.75, 3.05) is 26.0 Å². The van der Waals surface area contributed by atoms with E-state index in [-0.39, 0.29) is 18.5 Å². The number of methoxy groups -OCH3 is 1. The highest BCUT2D eigenvalue weighted by atomic mass is 16.5. The van der Waals surface area contributed by atoms with E-state index in [0.29, 0.717) is 11.3 Å². The Hall–Kier alpha value is -2.57. The van der Waals surface area contributed by atoms with Crippen LogP contribution in [0.1, 0.15) is 22.3 Å². The van der Waals surface area contributed by atoms with Crippen molar-refractivity contribution in [3.05, 3.63) is 29.3 Å². The smallest absolute Gasteiger partial charge is 0.336 e. The van der Waals surface area contributed by atoms with Crippen LogP contribution in [0.4, 0.5) is 10.5 Å². The number of anilines is 1. The third-order valence-corrected chi connectivity index (χ3v) is 3.03. The Kier molecular flexibility index (Phi) is 5.71. The number of carboxylic acids is 1. The molecule has 0 atom stereocenters. The molecule has 2 N–H and O–H groups in total. The zero-order valence-corrected chi connectivity index (χ0v) is 12.2. The second kappa shape index (κ2) is 7.28. The van der Waals surface area contributed by atoms with Gasteiger partial charge in [0.2, 0.25) is 0 Å². The van der Waals surface area contributed by atoms with Gasteiger partial charge in [0.05, 0.1) is 19.1 Å². The fourth-order valence-electron chi connectivity index (χ4n) is 1.68. The minimum atomic E-state index is -1.05. The summed E-state index contributed by atoms with van der Waals surface area (Å²) >= 11 is 0. The van der Waals surface area contributed by atoms with Crippen LogP contribution in [0.2, 0.25) is 0 Å². The quantitative estimate of drug-likeness (QED) is 0.806. The number of urea groups is 1. The fourth-order valence-corrected chi connectivity index (χ4v) is 1.68. The third-order valence-electron chi connectivity index (χ3n) is 3.03. The molecule has 0 spiro atoms. The van der Waals surface area contributed by atoms with E-state index in [1.54, 1.807) is 19.1 Å². The van der Waals surface area contributed by atoms with Crippen molar-refractivity contribution < 1.29 is 24.2 Å². The van der Waals surface area contributed by atoms with Gasteiger partial charge < -0.3 is 20.1 Å². The number of esters is 1. The molecule has 1 aromatic carbocycles. The molecule has 0 unspecified atom stereocenters. The Morgan fingerprint density at radius 3 is 2.57 bits per heavy atom. The van der Waals surface area contributed by atoms with Crippen LogP contribution in [0.5, 0.6) is 0 Å². The number of benzene rings is 1. The molecule has 0 aromatic heterocycles. The molecule has 1 aromatic rings. The monoisotopic (exact) mass is 294 g/mol. The van der Waals surface area contributed by atoms with Crippen molar-refractivity contribution in [2.24, 2.45) is 0 Å². The number of rotatable bonds is 5. The molecule has 1 rings (SSSR count). The van der Waals surface area contributed by atoms with Crippen LogP contribution in [-0.2, 0) is 9.53 Å². The highest BCUT2D eigenvalue weighted by Gasteiger charge is 2.15. The SMILES string of the molecule is COC(=O)CCN(C)C(=O)Nc1cccc(C(=O)O)c1C. The lowest BCUT2D eigenvalue weighted by Gasteiger charge is -2.18. The van der Waals surface area contributed by atoms with Crippen molar-refractivity contribution in [1.29, 1.82) is 0 Å². The first-order valence-electron chi connectivity index (χ1n) is 6.28. The average molecular weight is 294 g/mol. The Morgan fingerprint density at radius 2 is 2.00 bits per heavy atom. The largest absolute Gasteiger partial charge is 0.478 e. The molecule has 114 valence electrons. The molecule has 0 radical (unpaired) electrons. The van der Waals surface area contributed by atoms with Crippen LogP contribution in [0, 0.1) is 6.92 Å². The van der Waals surface area contributed by atoms with Gasteiger partial charge in [0, 0.05) is 19.3 Å². The number of carboxylic acid groups (broad SMARTS) is 1. The number of hydrogen-bond acceptors (Lipinski definition) is 4. The zero-order chi connectivity index (χ0) is 16.0. The van der Waals surface area contributed by atoms with Crippen LogP contribution in [0.25, 0.3) is 0 Å². The summed E-state index contributed by atoms with van der Waals surface area (Å²) in [6.45, 7) is 1.82. The second-order valence-electron chi connectivity index (χ2n) is 4.46. The van der Waals surface area contributed by atoms with Crippen LogP contribution in [0.15, 0.2) is 18.2 Å². The lowest BCUT2D eigenvalue weighted by molar-refractivity contribution is -0.140. The highest BCUT2D eigenvalue weighted by Crippen LogP contribution is 2.19. The van der Waals surface area contributed by atoms with Crippen molar-refractivity contribution in [3.8, 4) is 0 Å². The minimum Gasteiger partial charge on any atom is -0.478 e. The van der Waals surface area contributed by atoms with E-state index in [0.717, 1.165) is 0 Å². The number of nitrogens with one attached hydrogen (secondary N) is 1. The summed E-state index contributed by atoms with van der Waals surface area (Å²) in [5.74, 6) is -1.46. The lowest BCUT2D eigenvalue weighted by atomic mass is 10.1. The highest BCUT2D eigenvalue weighted by molar-refractivity contribution is 5.95. The summed E-state index contributed by atoms with van der Waals surface area (Å²) < 4.78 is 4.50.